The number of hydrogen-bond donors (Lipinski definition) is 1. The minimum atomic E-state index is 1.15. The van der Waals surface area contributed by atoms with Gasteiger partial charge in [-0.1, -0.05) is 6.92 Å². The summed E-state index contributed by atoms with van der Waals surface area (Å²) in [7, 11) is 0. The molecule has 1 nitrogen and oxygen atoms in total. The van der Waals surface area contributed by atoms with Crippen molar-refractivity contribution in [3.63, 3.8) is 0 Å². The van der Waals surface area contributed by atoms with Gasteiger partial charge >= 0.3 is 91.6 Å². The standard InChI is InChI=1S/C12H26N.Al/c1-2-3-4-5-6-7-8-9-10-11-12-13;/h13H,2-12H2,1H3;/q-1;+3. The van der Waals surface area contributed by atoms with E-state index in [1.165, 1.54) is 64.2 Å². The maximum atomic E-state index is 3.11. The molecule has 0 aliphatic rings. The van der Waals surface area contributed by atoms with Gasteiger partial charge in [-0.15, -0.1) is 0 Å². The van der Waals surface area contributed by atoms with E-state index in [1.807, 2.05) is 0 Å². The first-order valence-corrected chi connectivity index (χ1v) is 6.93. The average molecular weight is 211 g/mol. The first-order chi connectivity index (χ1) is 6.91. The Morgan fingerprint density at radius 2 is 1.14 bits per heavy atom. The second-order valence-electron chi connectivity index (χ2n) is 4.14. The Kier molecular flexibility index (Phi) is 14.0. The molecule has 0 aromatic carbocycles. The minimum absolute atomic E-state index is 1.15. The van der Waals surface area contributed by atoms with Gasteiger partial charge in [0.05, 0.1) is 0 Å². The quantitative estimate of drug-likeness (QED) is 0.407. The molecule has 0 aromatic heterocycles. The van der Waals surface area contributed by atoms with Gasteiger partial charge in [0.15, 0.2) is 0 Å². The molecule has 2 heteroatoms. The maximum absolute atomic E-state index is 3.11. The molecule has 0 aliphatic carbocycles. The summed E-state index contributed by atoms with van der Waals surface area (Å²) in [6.07, 6.45) is 14.2. The van der Waals surface area contributed by atoms with E-state index in [2.05, 4.69) is 27.7 Å². The fourth-order valence-corrected chi connectivity index (χ4v) is 1.92. The molecular weight excluding hydrogens is 185 g/mol. The van der Waals surface area contributed by atoms with E-state index >= 15 is 0 Å². The van der Waals surface area contributed by atoms with Crippen molar-refractivity contribution >= 4 is 16.5 Å². The van der Waals surface area contributed by atoms with Crippen LogP contribution in [0.25, 0.3) is 0 Å². The SMILES string of the molecule is CCCCCCCCCCCC[NH][Al+2]. The van der Waals surface area contributed by atoms with Gasteiger partial charge in [0.1, 0.15) is 0 Å². The van der Waals surface area contributed by atoms with E-state index in [0.717, 1.165) is 6.54 Å². The Morgan fingerprint density at radius 1 is 0.714 bits per heavy atom. The first kappa shape index (κ1) is 14.5. The van der Waals surface area contributed by atoms with Crippen LogP contribution in [0.3, 0.4) is 0 Å². The number of hydrogen-bond acceptors (Lipinski definition) is 1. The molecule has 0 unspecified atom stereocenters. The molecule has 0 fully saturated rings. The van der Waals surface area contributed by atoms with Crippen LogP contribution in [0.1, 0.15) is 71.1 Å². The van der Waals surface area contributed by atoms with Crippen LogP contribution in [-0.4, -0.2) is 23.1 Å². The van der Waals surface area contributed by atoms with E-state index in [9.17, 15) is 0 Å². The third-order valence-electron chi connectivity index (χ3n) is 2.67. The molecule has 0 saturated carbocycles. The average Bonchev–Trinajstić information content (AvgIpc) is 2.21. The van der Waals surface area contributed by atoms with Crippen molar-refractivity contribution in [1.29, 1.82) is 0 Å². The molecule has 0 spiro atoms. The van der Waals surface area contributed by atoms with Crippen LogP contribution in [0.2, 0.25) is 0 Å². The molecule has 0 radical (unpaired) electrons. The van der Waals surface area contributed by atoms with Crippen molar-refractivity contribution in [1.82, 2.24) is 4.30 Å². The van der Waals surface area contributed by atoms with Crippen LogP contribution in [0, 0.1) is 0 Å². The molecule has 80 valence electrons. The summed E-state index contributed by atoms with van der Waals surface area (Å²) in [5, 5.41) is 0. The molecule has 0 aromatic rings. The van der Waals surface area contributed by atoms with E-state index in [4.69, 9.17) is 0 Å². The topological polar surface area (TPSA) is 12.0 Å². The number of rotatable bonds is 11. The molecule has 0 bridgehead atoms. The monoisotopic (exact) mass is 211 g/mol. The molecule has 0 heterocycles. The van der Waals surface area contributed by atoms with E-state index < -0.39 is 0 Å². The van der Waals surface area contributed by atoms with Crippen LogP contribution in [0.15, 0.2) is 0 Å². The predicted octanol–water partition coefficient (Wildman–Crippen LogP) is 3.58. The Morgan fingerprint density at radius 3 is 1.57 bits per heavy atom. The zero-order chi connectivity index (χ0) is 10.5. The summed E-state index contributed by atoms with van der Waals surface area (Å²) in [6.45, 7) is 3.43. The number of unbranched alkanes of at least 4 members (excludes halogenated alkanes) is 9. The van der Waals surface area contributed by atoms with E-state index in [0.29, 0.717) is 0 Å². The molecule has 14 heavy (non-hydrogen) atoms. The second-order valence-corrected chi connectivity index (χ2v) is 4.54. The normalized spacial score (nSPS) is 10.8. The third-order valence-corrected chi connectivity index (χ3v) is 2.96. The van der Waals surface area contributed by atoms with Crippen LogP contribution < -0.4 is 4.30 Å². The molecule has 0 atom stereocenters. The van der Waals surface area contributed by atoms with Crippen LogP contribution >= 0.6 is 0 Å². The van der Waals surface area contributed by atoms with Crippen molar-refractivity contribution in [2.24, 2.45) is 0 Å². The molecule has 0 rings (SSSR count). The number of nitrogens with one attached hydrogen (secondary N) is 1. The van der Waals surface area contributed by atoms with Crippen molar-refractivity contribution in [2.75, 3.05) is 6.54 Å². The Labute approximate surface area is 98.7 Å². The Bertz CT molecular complexity index is 84.3. The summed E-state index contributed by atoms with van der Waals surface area (Å²) in [4.78, 5) is 0. The Balaban J connectivity index is 2.78. The fraction of sp³-hybridized carbons (Fsp3) is 1.00. The van der Waals surface area contributed by atoms with Crippen LogP contribution in [-0.2, 0) is 0 Å². The summed E-state index contributed by atoms with van der Waals surface area (Å²) < 4.78 is 3.11. The zero-order valence-corrected chi connectivity index (χ0v) is 11.0. The van der Waals surface area contributed by atoms with Gasteiger partial charge < -0.3 is 0 Å². The van der Waals surface area contributed by atoms with Gasteiger partial charge in [-0.25, -0.2) is 0 Å². The van der Waals surface area contributed by atoms with Crippen molar-refractivity contribution in [3.05, 3.63) is 0 Å². The Hall–Kier alpha value is 0.492. The van der Waals surface area contributed by atoms with Crippen molar-refractivity contribution in [2.45, 2.75) is 71.1 Å². The second kappa shape index (κ2) is 13.5. The van der Waals surface area contributed by atoms with E-state index in [1.54, 1.807) is 0 Å². The summed E-state index contributed by atoms with van der Waals surface area (Å²) >= 11 is 2.56. The molecule has 0 aliphatic heterocycles. The first-order valence-electron chi connectivity index (χ1n) is 6.35. The molecule has 1 N–H and O–H groups in total. The van der Waals surface area contributed by atoms with Gasteiger partial charge in [-0.3, -0.25) is 0 Å². The van der Waals surface area contributed by atoms with Gasteiger partial charge in [-0.05, 0) is 0 Å². The van der Waals surface area contributed by atoms with Crippen LogP contribution in [0.5, 0.6) is 0 Å². The molecular formula is C12H26AlN+2. The van der Waals surface area contributed by atoms with E-state index in [-0.39, 0.29) is 0 Å². The molecule has 0 amide bonds. The van der Waals surface area contributed by atoms with Crippen LogP contribution in [0.4, 0.5) is 0 Å². The van der Waals surface area contributed by atoms with Gasteiger partial charge in [0.2, 0.25) is 0 Å². The predicted molar refractivity (Wildman–Crippen MR) is 65.6 cm³/mol. The summed E-state index contributed by atoms with van der Waals surface area (Å²) in [5.41, 5.74) is 0. The zero-order valence-electron chi connectivity index (χ0n) is 9.86. The van der Waals surface area contributed by atoms with Gasteiger partial charge in [-0.2, -0.15) is 0 Å². The van der Waals surface area contributed by atoms with Crippen molar-refractivity contribution in [3.8, 4) is 0 Å². The van der Waals surface area contributed by atoms with Gasteiger partial charge in [0, 0.05) is 0 Å². The van der Waals surface area contributed by atoms with Crippen molar-refractivity contribution < 1.29 is 0 Å². The fourth-order valence-electron chi connectivity index (χ4n) is 1.71. The molecule has 0 saturated heterocycles. The summed E-state index contributed by atoms with van der Waals surface area (Å²) in [6, 6.07) is 0. The summed E-state index contributed by atoms with van der Waals surface area (Å²) in [5.74, 6) is 0. The van der Waals surface area contributed by atoms with Gasteiger partial charge in [0.25, 0.3) is 0 Å². The third kappa shape index (κ3) is 12.5.